The fourth-order valence-electron chi connectivity index (χ4n) is 3.81. The first kappa shape index (κ1) is 19.6. The smallest absolute Gasteiger partial charge is 0.355 e. The van der Waals surface area contributed by atoms with Crippen molar-refractivity contribution >= 4 is 16.7 Å². The Morgan fingerprint density at radius 1 is 0.931 bits per heavy atom. The van der Waals surface area contributed by atoms with Crippen LogP contribution in [0.25, 0.3) is 10.9 Å². The van der Waals surface area contributed by atoms with Gasteiger partial charge in [-0.15, -0.1) is 0 Å². The van der Waals surface area contributed by atoms with Crippen LogP contribution in [-0.4, -0.2) is 41.0 Å². The van der Waals surface area contributed by atoms with Crippen molar-refractivity contribution in [3.05, 3.63) is 65.5 Å². The topological polar surface area (TPSA) is 32.3 Å². The first-order chi connectivity index (χ1) is 13.9. The summed E-state index contributed by atoms with van der Waals surface area (Å²) in [4.78, 5) is 13.5. The second-order valence-corrected chi connectivity index (χ2v) is 7.53. The lowest BCUT2D eigenvalue weighted by atomic mass is 10.1. The highest BCUT2D eigenvalue weighted by Crippen LogP contribution is 2.29. The van der Waals surface area contributed by atoms with Gasteiger partial charge in [-0.2, -0.15) is 13.2 Å². The fourth-order valence-corrected chi connectivity index (χ4v) is 3.81. The molecule has 1 saturated heterocycles. The molecule has 0 spiro atoms. The highest BCUT2D eigenvalue weighted by atomic mass is 19.4. The van der Waals surface area contributed by atoms with Gasteiger partial charge >= 0.3 is 6.18 Å². The summed E-state index contributed by atoms with van der Waals surface area (Å²) in [5, 5.41) is 1.06. The molecule has 0 aliphatic carbocycles. The van der Waals surface area contributed by atoms with Crippen LogP contribution in [0.2, 0.25) is 0 Å². The van der Waals surface area contributed by atoms with Gasteiger partial charge in [0.25, 0.3) is 0 Å². The van der Waals surface area contributed by atoms with Gasteiger partial charge < -0.3 is 4.90 Å². The average molecular weight is 400 g/mol. The molecule has 0 radical (unpaired) electrons. The van der Waals surface area contributed by atoms with E-state index in [1.807, 2.05) is 12.1 Å². The minimum atomic E-state index is -4.29. The second-order valence-electron chi connectivity index (χ2n) is 7.53. The molecule has 2 aromatic carbocycles. The molecule has 29 heavy (non-hydrogen) atoms. The Balaban J connectivity index is 1.46. The monoisotopic (exact) mass is 400 g/mol. The van der Waals surface area contributed by atoms with Gasteiger partial charge in [0.2, 0.25) is 0 Å². The average Bonchev–Trinajstić information content (AvgIpc) is 2.93. The van der Waals surface area contributed by atoms with E-state index in [1.165, 1.54) is 5.56 Å². The van der Waals surface area contributed by atoms with Gasteiger partial charge in [0.1, 0.15) is 12.1 Å². The predicted molar refractivity (Wildman–Crippen MR) is 108 cm³/mol. The van der Waals surface area contributed by atoms with Crippen LogP contribution in [-0.2, 0) is 12.7 Å². The van der Waals surface area contributed by atoms with E-state index < -0.39 is 11.7 Å². The zero-order chi connectivity index (χ0) is 20.4. The second kappa shape index (κ2) is 7.99. The number of halogens is 3. The maximum atomic E-state index is 12.7. The van der Waals surface area contributed by atoms with E-state index in [0.29, 0.717) is 6.54 Å². The van der Waals surface area contributed by atoms with Crippen LogP contribution in [0.5, 0.6) is 0 Å². The highest BCUT2D eigenvalue weighted by Gasteiger charge is 2.30. The third kappa shape index (κ3) is 4.50. The maximum absolute atomic E-state index is 12.7. The van der Waals surface area contributed by atoms with Crippen LogP contribution < -0.4 is 4.90 Å². The Morgan fingerprint density at radius 3 is 2.48 bits per heavy atom. The molecule has 1 aromatic heterocycles. The number of aromatic nitrogens is 2. The van der Waals surface area contributed by atoms with E-state index in [-0.39, 0.29) is 0 Å². The molecule has 3 aromatic rings. The number of benzene rings is 2. The zero-order valence-corrected chi connectivity index (χ0v) is 16.3. The highest BCUT2D eigenvalue weighted by molar-refractivity contribution is 5.89. The SMILES string of the molecule is Cc1ccc2ncnc(N3CCCN(Cc4ccc(C(F)(F)F)cc4)CC3)c2c1. The number of hydrogen-bond donors (Lipinski definition) is 0. The molecular formula is C22H23F3N4. The van der Waals surface area contributed by atoms with Crippen LogP contribution in [0.1, 0.15) is 23.1 Å². The zero-order valence-electron chi connectivity index (χ0n) is 16.3. The number of hydrogen-bond acceptors (Lipinski definition) is 4. The number of fused-ring (bicyclic) bond motifs is 1. The summed E-state index contributed by atoms with van der Waals surface area (Å²) in [6.07, 6.45) is -1.71. The lowest BCUT2D eigenvalue weighted by molar-refractivity contribution is -0.137. The first-order valence-corrected chi connectivity index (χ1v) is 9.75. The summed E-state index contributed by atoms with van der Waals surface area (Å²) in [5.41, 5.74) is 2.41. The van der Waals surface area contributed by atoms with Crippen molar-refractivity contribution in [2.75, 3.05) is 31.1 Å². The van der Waals surface area contributed by atoms with Gasteiger partial charge in [0.15, 0.2) is 0 Å². The quantitative estimate of drug-likeness (QED) is 0.640. The number of alkyl halides is 3. The van der Waals surface area contributed by atoms with E-state index in [0.717, 1.165) is 67.0 Å². The van der Waals surface area contributed by atoms with Crippen LogP contribution in [0, 0.1) is 6.92 Å². The predicted octanol–water partition coefficient (Wildman–Crippen LogP) is 4.67. The van der Waals surface area contributed by atoms with Crippen molar-refractivity contribution in [2.24, 2.45) is 0 Å². The summed E-state index contributed by atoms with van der Waals surface area (Å²) >= 11 is 0. The number of rotatable bonds is 3. The van der Waals surface area contributed by atoms with E-state index in [9.17, 15) is 13.2 Å². The molecule has 152 valence electrons. The van der Waals surface area contributed by atoms with Gasteiger partial charge in [0, 0.05) is 38.1 Å². The lowest BCUT2D eigenvalue weighted by Crippen LogP contribution is -2.31. The van der Waals surface area contributed by atoms with Crippen LogP contribution in [0.15, 0.2) is 48.8 Å². The minimum Gasteiger partial charge on any atom is -0.355 e. The molecule has 0 N–H and O–H groups in total. The Labute approximate surface area is 168 Å². The largest absolute Gasteiger partial charge is 0.416 e. The standard InChI is InChI=1S/C22H23F3N4/c1-16-3-8-20-19(13-16)21(27-15-26-20)29-10-2-9-28(11-12-29)14-17-4-6-18(7-5-17)22(23,24)25/h3-8,13,15H,2,9-12,14H2,1H3. The molecule has 0 atom stereocenters. The Kier molecular flexibility index (Phi) is 5.41. The number of aryl methyl sites for hydroxylation is 1. The summed E-state index contributed by atoms with van der Waals surface area (Å²) in [7, 11) is 0. The third-order valence-electron chi connectivity index (χ3n) is 5.35. The first-order valence-electron chi connectivity index (χ1n) is 9.75. The molecular weight excluding hydrogens is 377 g/mol. The molecule has 4 nitrogen and oxygen atoms in total. The van der Waals surface area contributed by atoms with E-state index in [1.54, 1.807) is 18.5 Å². The van der Waals surface area contributed by atoms with Crippen molar-refractivity contribution in [3.63, 3.8) is 0 Å². The Morgan fingerprint density at radius 2 is 1.72 bits per heavy atom. The van der Waals surface area contributed by atoms with Crippen LogP contribution in [0.3, 0.4) is 0 Å². The third-order valence-corrected chi connectivity index (χ3v) is 5.35. The number of nitrogens with zero attached hydrogens (tertiary/aromatic N) is 4. The van der Waals surface area contributed by atoms with Crippen LogP contribution >= 0.6 is 0 Å². The van der Waals surface area contributed by atoms with Crippen molar-refractivity contribution in [1.82, 2.24) is 14.9 Å². The molecule has 0 bridgehead atoms. The molecule has 1 aliphatic heterocycles. The van der Waals surface area contributed by atoms with Gasteiger partial charge in [-0.1, -0.05) is 23.8 Å². The Hall–Kier alpha value is -2.67. The maximum Gasteiger partial charge on any atom is 0.416 e. The minimum absolute atomic E-state index is 0.603. The molecule has 0 amide bonds. The molecule has 7 heteroatoms. The van der Waals surface area contributed by atoms with E-state index in [2.05, 4.69) is 32.8 Å². The molecule has 1 fully saturated rings. The summed E-state index contributed by atoms with van der Waals surface area (Å²) in [5.74, 6) is 0.954. The summed E-state index contributed by atoms with van der Waals surface area (Å²) < 4.78 is 38.2. The van der Waals surface area contributed by atoms with Gasteiger partial charge in [0.05, 0.1) is 11.1 Å². The van der Waals surface area contributed by atoms with Crippen molar-refractivity contribution < 1.29 is 13.2 Å². The van der Waals surface area contributed by atoms with Crippen molar-refractivity contribution in [2.45, 2.75) is 26.1 Å². The normalized spacial score (nSPS) is 16.2. The summed E-state index contributed by atoms with van der Waals surface area (Å²) in [6.45, 7) is 6.15. The molecule has 4 rings (SSSR count). The van der Waals surface area contributed by atoms with Gasteiger partial charge in [-0.05, 0) is 43.2 Å². The van der Waals surface area contributed by atoms with Crippen LogP contribution in [0.4, 0.5) is 19.0 Å². The fraction of sp³-hybridized carbons (Fsp3) is 0.364. The summed E-state index contributed by atoms with van der Waals surface area (Å²) in [6, 6.07) is 11.7. The molecule has 2 heterocycles. The van der Waals surface area contributed by atoms with Crippen molar-refractivity contribution in [3.8, 4) is 0 Å². The molecule has 0 saturated carbocycles. The van der Waals surface area contributed by atoms with E-state index in [4.69, 9.17) is 0 Å². The number of anilines is 1. The Bertz CT molecular complexity index is 986. The molecule has 1 aliphatic rings. The van der Waals surface area contributed by atoms with E-state index >= 15 is 0 Å². The van der Waals surface area contributed by atoms with Crippen molar-refractivity contribution in [1.29, 1.82) is 0 Å². The van der Waals surface area contributed by atoms with Gasteiger partial charge in [-0.3, -0.25) is 4.90 Å². The molecule has 0 unspecified atom stereocenters. The lowest BCUT2D eigenvalue weighted by Gasteiger charge is -2.24. The van der Waals surface area contributed by atoms with Gasteiger partial charge in [-0.25, -0.2) is 9.97 Å².